The van der Waals surface area contributed by atoms with Crippen molar-refractivity contribution >= 4 is 47.2 Å². The van der Waals surface area contributed by atoms with Crippen molar-refractivity contribution in [1.29, 1.82) is 0 Å². The Morgan fingerprint density at radius 3 is 2.15 bits per heavy atom. The molecule has 0 aliphatic carbocycles. The highest BCUT2D eigenvalue weighted by atomic mass is 35.5. The largest absolute Gasteiger partial charge is 0.466 e. The van der Waals surface area contributed by atoms with E-state index in [2.05, 4.69) is 16.0 Å². The first-order chi connectivity index (χ1) is 35.1. The molecular weight excluding hydrogens is 963 g/mol. The Labute approximate surface area is 428 Å². The van der Waals surface area contributed by atoms with E-state index in [0.29, 0.717) is 55.7 Å². The lowest BCUT2D eigenvalue weighted by Crippen LogP contribution is -2.35. The van der Waals surface area contributed by atoms with Gasteiger partial charge in [-0.2, -0.15) is 0 Å². The van der Waals surface area contributed by atoms with Crippen LogP contribution in [0.1, 0.15) is 80.4 Å². The quantitative estimate of drug-likeness (QED) is 0.0179. The van der Waals surface area contributed by atoms with Crippen LogP contribution in [0.3, 0.4) is 0 Å². The number of rotatable bonds is 23. The Balaban J connectivity index is 1.03. The molecule has 3 unspecified atom stereocenters. The third kappa shape index (κ3) is 14.2. The molecular formula is C55H60ClFN4O12. The molecule has 1 aliphatic heterocycles. The number of nitrogens with zero attached hydrogens (tertiary/aromatic N) is 1. The standard InChI is InChI=1S/C55H60ClFN4O12/c1-6-71-54(67)48-43(59-34(4)45(53(66)69-5)47(48)41-19-13-14-20-42(41)56)31-70-28-26-58-55(68)73-32-72-44(64)30-40(63)29-39(62)25-27-61-50(33(2)3)49(52(65)60-38-17-11-8-12-18-38)46(35-15-9-7-10-16-35)51(61)36-21-23-37(57)24-22-36/h7-24,33,39-40,47,59,62-63H,6,25-32H2,1-5H3,(H,58,68)(H,60,65). The first-order valence-corrected chi connectivity index (χ1v) is 24.2. The number of carbonyl (C=O) groups is 5. The molecule has 6 rings (SSSR count). The molecule has 16 nitrogen and oxygen atoms in total. The SMILES string of the molecule is CCOC(=O)C1=C(COCCNC(=O)OCOC(=O)CC(O)CC(O)CCn2c(-c3ccc(F)cc3)c(-c3ccccc3)c(C(=O)Nc3ccccc3)c2C(C)C)NC(C)=C(C(=O)OC)C1c1ccccc1Cl. The van der Waals surface area contributed by atoms with Crippen molar-refractivity contribution in [3.8, 4) is 22.4 Å². The molecule has 0 saturated heterocycles. The number of aromatic nitrogens is 1. The minimum Gasteiger partial charge on any atom is -0.466 e. The zero-order valence-electron chi connectivity index (χ0n) is 41.2. The summed E-state index contributed by atoms with van der Waals surface area (Å²) in [5.74, 6) is -4.15. The lowest BCUT2D eigenvalue weighted by molar-refractivity contribution is -0.154. The number of hydrogen-bond donors (Lipinski definition) is 5. The summed E-state index contributed by atoms with van der Waals surface area (Å²) in [7, 11) is 1.23. The molecule has 2 amide bonds. The Bertz CT molecular complexity index is 2800. The van der Waals surface area contributed by atoms with Crippen LogP contribution in [0.5, 0.6) is 0 Å². The smallest absolute Gasteiger partial charge is 0.410 e. The van der Waals surface area contributed by atoms with Crippen LogP contribution in [-0.2, 0) is 44.6 Å². The van der Waals surface area contributed by atoms with Crippen LogP contribution < -0.4 is 16.0 Å². The number of allylic oxidation sites excluding steroid dienone is 1. The van der Waals surface area contributed by atoms with Gasteiger partial charge in [-0.05, 0) is 91.8 Å². The molecule has 1 aliphatic rings. The van der Waals surface area contributed by atoms with Crippen molar-refractivity contribution < 1.29 is 62.3 Å². The number of dihydropyridines is 1. The number of hydrogen-bond acceptors (Lipinski definition) is 13. The van der Waals surface area contributed by atoms with Crippen molar-refractivity contribution in [3.05, 3.63) is 159 Å². The normalized spacial score (nSPS) is 14.2. The van der Waals surface area contributed by atoms with E-state index in [-0.39, 0.29) is 68.7 Å². The van der Waals surface area contributed by atoms with E-state index in [9.17, 15) is 38.6 Å². The van der Waals surface area contributed by atoms with E-state index >= 15 is 0 Å². The summed E-state index contributed by atoms with van der Waals surface area (Å²) in [4.78, 5) is 65.9. The van der Waals surface area contributed by atoms with Crippen LogP contribution in [0.2, 0.25) is 5.02 Å². The number of amides is 2. The van der Waals surface area contributed by atoms with Crippen LogP contribution in [0.25, 0.3) is 22.4 Å². The summed E-state index contributed by atoms with van der Waals surface area (Å²) in [6.45, 7) is 6.46. The van der Waals surface area contributed by atoms with Crippen molar-refractivity contribution in [2.75, 3.05) is 45.6 Å². The maximum absolute atomic E-state index is 14.4. The van der Waals surface area contributed by atoms with Crippen molar-refractivity contribution in [1.82, 2.24) is 15.2 Å². The molecule has 5 N–H and O–H groups in total. The number of esters is 3. The second kappa shape index (κ2) is 26.4. The number of para-hydroxylation sites is 1. The zero-order chi connectivity index (χ0) is 52.6. The van der Waals surface area contributed by atoms with E-state index < -0.39 is 61.2 Å². The molecule has 1 aromatic heterocycles. The molecule has 3 atom stereocenters. The van der Waals surface area contributed by atoms with Crippen LogP contribution in [0, 0.1) is 5.82 Å². The average molecular weight is 1020 g/mol. The molecule has 2 heterocycles. The first-order valence-electron chi connectivity index (χ1n) is 23.8. The lowest BCUT2D eigenvalue weighted by Gasteiger charge is -2.31. The van der Waals surface area contributed by atoms with E-state index in [1.807, 2.05) is 66.9 Å². The van der Waals surface area contributed by atoms with E-state index in [0.717, 1.165) is 5.56 Å². The summed E-state index contributed by atoms with van der Waals surface area (Å²) in [6.07, 6.45) is -3.98. The van der Waals surface area contributed by atoms with Crippen molar-refractivity contribution in [3.63, 3.8) is 0 Å². The number of benzene rings is 4. The molecule has 0 bridgehead atoms. The Morgan fingerprint density at radius 1 is 0.822 bits per heavy atom. The fraction of sp³-hybridized carbons (Fsp3) is 0.327. The van der Waals surface area contributed by atoms with Crippen LogP contribution in [0.4, 0.5) is 14.9 Å². The number of aliphatic hydroxyl groups is 2. The van der Waals surface area contributed by atoms with Gasteiger partial charge in [0.25, 0.3) is 5.91 Å². The third-order valence-electron chi connectivity index (χ3n) is 11.9. The second-order valence-corrected chi connectivity index (χ2v) is 17.7. The number of aliphatic hydroxyl groups excluding tert-OH is 2. The topological polar surface area (TPSA) is 213 Å². The summed E-state index contributed by atoms with van der Waals surface area (Å²) < 4.78 is 42.5. The Morgan fingerprint density at radius 2 is 1.49 bits per heavy atom. The number of ether oxygens (including phenoxy) is 5. The Kier molecular flexibility index (Phi) is 19.9. The first kappa shape index (κ1) is 55.0. The molecule has 5 aromatic rings. The molecule has 18 heteroatoms. The highest BCUT2D eigenvalue weighted by Crippen LogP contribution is 2.44. The fourth-order valence-electron chi connectivity index (χ4n) is 8.71. The second-order valence-electron chi connectivity index (χ2n) is 17.3. The van der Waals surface area contributed by atoms with Gasteiger partial charge in [0.2, 0.25) is 6.79 Å². The maximum Gasteiger partial charge on any atom is 0.410 e. The van der Waals surface area contributed by atoms with Gasteiger partial charge in [0, 0.05) is 40.8 Å². The lowest BCUT2D eigenvalue weighted by atomic mass is 9.80. The van der Waals surface area contributed by atoms with E-state index in [1.54, 1.807) is 62.4 Å². The molecule has 0 fully saturated rings. The van der Waals surface area contributed by atoms with Crippen LogP contribution in [-0.4, -0.2) is 97.2 Å². The van der Waals surface area contributed by atoms with Crippen LogP contribution >= 0.6 is 11.6 Å². The molecule has 0 radical (unpaired) electrons. The zero-order valence-corrected chi connectivity index (χ0v) is 42.0. The van der Waals surface area contributed by atoms with Crippen molar-refractivity contribution in [2.45, 2.75) is 77.5 Å². The summed E-state index contributed by atoms with van der Waals surface area (Å²) >= 11 is 6.57. The van der Waals surface area contributed by atoms with Crippen LogP contribution in [0.15, 0.2) is 132 Å². The number of nitrogens with one attached hydrogen (secondary N) is 3. The summed E-state index contributed by atoms with van der Waals surface area (Å²) in [6, 6.07) is 31.3. The minimum absolute atomic E-state index is 0.0512. The van der Waals surface area contributed by atoms with E-state index in [1.165, 1.54) is 19.2 Å². The predicted molar refractivity (Wildman–Crippen MR) is 272 cm³/mol. The number of alkyl carbamates (subject to hydrolysis) is 1. The molecule has 4 aromatic carbocycles. The number of carbonyl (C=O) groups excluding carboxylic acids is 5. The van der Waals surface area contributed by atoms with Gasteiger partial charge in [-0.15, -0.1) is 0 Å². The van der Waals surface area contributed by atoms with Gasteiger partial charge in [-0.1, -0.05) is 92.2 Å². The van der Waals surface area contributed by atoms with Gasteiger partial charge < -0.3 is 54.4 Å². The van der Waals surface area contributed by atoms with Gasteiger partial charge in [0.15, 0.2) is 0 Å². The summed E-state index contributed by atoms with van der Waals surface area (Å²) in [5, 5.41) is 31.0. The number of anilines is 1. The highest BCUT2D eigenvalue weighted by Gasteiger charge is 2.40. The fourth-order valence-corrected chi connectivity index (χ4v) is 8.96. The predicted octanol–water partition coefficient (Wildman–Crippen LogP) is 8.78. The molecule has 386 valence electrons. The molecule has 0 saturated carbocycles. The number of halogens is 2. The number of methoxy groups -OCH3 is 1. The average Bonchev–Trinajstić information content (AvgIpc) is 3.72. The van der Waals surface area contributed by atoms with Gasteiger partial charge in [0.1, 0.15) is 5.82 Å². The Hall–Kier alpha value is -7.31. The highest BCUT2D eigenvalue weighted by molar-refractivity contribution is 6.31. The van der Waals surface area contributed by atoms with Gasteiger partial charge in [-0.25, -0.2) is 18.8 Å². The van der Waals surface area contributed by atoms with E-state index in [4.69, 9.17) is 35.3 Å². The molecule has 73 heavy (non-hydrogen) atoms. The maximum atomic E-state index is 14.4. The third-order valence-corrected chi connectivity index (χ3v) is 12.2. The van der Waals surface area contributed by atoms with Gasteiger partial charge in [0.05, 0.1) is 79.6 Å². The van der Waals surface area contributed by atoms with Crippen molar-refractivity contribution in [2.24, 2.45) is 0 Å². The molecule has 0 spiro atoms. The minimum atomic E-state index is -1.32. The van der Waals surface area contributed by atoms with Gasteiger partial charge in [-0.3, -0.25) is 9.59 Å². The monoisotopic (exact) mass is 1020 g/mol. The van der Waals surface area contributed by atoms with Gasteiger partial charge >= 0.3 is 24.0 Å². The summed E-state index contributed by atoms with van der Waals surface area (Å²) in [5.41, 5.74) is 5.87.